The summed E-state index contributed by atoms with van der Waals surface area (Å²) >= 11 is 0. The summed E-state index contributed by atoms with van der Waals surface area (Å²) in [5.41, 5.74) is 0. The second-order valence-corrected chi connectivity index (χ2v) is 5.94. The molecule has 2 atom stereocenters. The van der Waals surface area contributed by atoms with Gasteiger partial charge in [0.15, 0.2) is 0 Å². The summed E-state index contributed by atoms with van der Waals surface area (Å²) in [6.07, 6.45) is -2.45. The lowest BCUT2D eigenvalue weighted by molar-refractivity contribution is 0.0572. The van der Waals surface area contributed by atoms with E-state index in [0.29, 0.717) is 12.1 Å². The summed E-state index contributed by atoms with van der Waals surface area (Å²) in [6.45, 7) is -0.696. The first-order chi connectivity index (χ1) is 8.32. The van der Waals surface area contributed by atoms with Crippen molar-refractivity contribution in [3.05, 3.63) is 29.8 Å². The minimum absolute atomic E-state index is 0.348. The first kappa shape index (κ1) is 13.3. The largest absolute Gasteiger partial charge is 0.389 e. The zero-order valence-corrected chi connectivity index (χ0v) is 9.94. The Morgan fingerprint density at radius 2 is 1.72 bits per heavy atom. The third-order valence-corrected chi connectivity index (χ3v) is 4.58. The van der Waals surface area contributed by atoms with E-state index >= 15 is 0 Å². The van der Waals surface area contributed by atoms with Crippen LogP contribution >= 0.6 is 0 Å². The van der Waals surface area contributed by atoms with Crippen molar-refractivity contribution in [3.63, 3.8) is 0 Å². The fourth-order valence-corrected chi connectivity index (χ4v) is 3.30. The molecule has 1 aromatic carbocycles. The van der Waals surface area contributed by atoms with E-state index in [4.69, 9.17) is 0 Å². The zero-order valence-electron chi connectivity index (χ0n) is 9.12. The summed E-state index contributed by atoms with van der Waals surface area (Å²) in [6, 6.07) is 2.09. The Hall–Kier alpha value is -1.09. The lowest BCUT2D eigenvalue weighted by atomic mass is 10.3. The van der Waals surface area contributed by atoms with Gasteiger partial charge in [-0.25, -0.2) is 17.2 Å². The standard InChI is InChI=1S/C10H11F2NO4S/c11-6-1-2-7(12)10(3-6)18(16,17)13-4-8(14)9(15)5-13/h1-3,8-9,14-15H,4-5H2/t8-,9+. The van der Waals surface area contributed by atoms with Crippen LogP contribution in [-0.4, -0.2) is 48.2 Å². The van der Waals surface area contributed by atoms with Crippen molar-refractivity contribution in [3.8, 4) is 0 Å². The van der Waals surface area contributed by atoms with Gasteiger partial charge in [-0.2, -0.15) is 4.31 Å². The van der Waals surface area contributed by atoms with Crippen LogP contribution < -0.4 is 0 Å². The molecule has 1 aliphatic rings. The van der Waals surface area contributed by atoms with E-state index in [1.54, 1.807) is 0 Å². The van der Waals surface area contributed by atoms with Gasteiger partial charge in [-0.05, 0) is 18.2 Å². The van der Waals surface area contributed by atoms with Gasteiger partial charge in [0.2, 0.25) is 10.0 Å². The molecule has 0 bridgehead atoms. The summed E-state index contributed by atoms with van der Waals surface area (Å²) in [5, 5.41) is 18.6. The van der Waals surface area contributed by atoms with E-state index in [1.165, 1.54) is 0 Å². The van der Waals surface area contributed by atoms with Crippen LogP contribution in [0.2, 0.25) is 0 Å². The Bertz CT molecular complexity index is 553. The van der Waals surface area contributed by atoms with Crippen LogP contribution in [-0.2, 0) is 10.0 Å². The smallest absolute Gasteiger partial charge is 0.246 e. The second kappa shape index (κ2) is 4.54. The SMILES string of the molecule is O=S(=O)(c1cc(F)ccc1F)N1C[C@@H](O)[C@@H](O)C1. The number of rotatable bonds is 2. The summed E-state index contributed by atoms with van der Waals surface area (Å²) in [7, 11) is -4.26. The molecule has 2 N–H and O–H groups in total. The fourth-order valence-electron chi connectivity index (χ4n) is 1.75. The number of aliphatic hydroxyl groups is 2. The third kappa shape index (κ3) is 2.24. The third-order valence-electron chi connectivity index (χ3n) is 2.74. The van der Waals surface area contributed by atoms with Crippen LogP contribution in [0.3, 0.4) is 0 Å². The molecule has 0 aliphatic carbocycles. The van der Waals surface area contributed by atoms with Crippen LogP contribution in [0.25, 0.3) is 0 Å². The molecule has 8 heteroatoms. The molecule has 0 saturated carbocycles. The maximum atomic E-state index is 13.4. The zero-order chi connectivity index (χ0) is 13.5. The Labute approximate surface area is 102 Å². The van der Waals surface area contributed by atoms with Gasteiger partial charge in [-0.1, -0.05) is 0 Å². The molecule has 5 nitrogen and oxygen atoms in total. The maximum Gasteiger partial charge on any atom is 0.246 e. The van der Waals surface area contributed by atoms with Crippen molar-refractivity contribution in [2.24, 2.45) is 0 Å². The lowest BCUT2D eigenvalue weighted by Crippen LogP contribution is -2.30. The first-order valence-corrected chi connectivity index (χ1v) is 6.57. The maximum absolute atomic E-state index is 13.4. The lowest BCUT2D eigenvalue weighted by Gasteiger charge is -2.15. The summed E-state index contributed by atoms with van der Waals surface area (Å²) in [5.74, 6) is -1.96. The van der Waals surface area contributed by atoms with Crippen molar-refractivity contribution in [2.45, 2.75) is 17.1 Å². The van der Waals surface area contributed by atoms with Gasteiger partial charge in [0, 0.05) is 13.1 Å². The van der Waals surface area contributed by atoms with Gasteiger partial charge in [-0.15, -0.1) is 0 Å². The Morgan fingerprint density at radius 1 is 1.17 bits per heavy atom. The Kier molecular flexibility index (Phi) is 3.37. The average molecular weight is 279 g/mol. The molecule has 1 fully saturated rings. The number of benzene rings is 1. The van der Waals surface area contributed by atoms with Gasteiger partial charge in [0.1, 0.15) is 16.5 Å². The van der Waals surface area contributed by atoms with Gasteiger partial charge in [0.25, 0.3) is 0 Å². The molecule has 0 unspecified atom stereocenters. The van der Waals surface area contributed by atoms with Crippen LogP contribution in [0.1, 0.15) is 0 Å². The molecule has 0 radical (unpaired) electrons. The molecule has 0 amide bonds. The van der Waals surface area contributed by atoms with Crippen LogP contribution in [0, 0.1) is 11.6 Å². The van der Waals surface area contributed by atoms with Crippen LogP contribution in [0.15, 0.2) is 23.1 Å². The molecule has 100 valence electrons. The van der Waals surface area contributed by atoms with Gasteiger partial charge in [-0.3, -0.25) is 0 Å². The number of hydrogen-bond acceptors (Lipinski definition) is 4. The second-order valence-electron chi connectivity index (χ2n) is 4.03. The molecule has 1 aliphatic heterocycles. The number of aliphatic hydroxyl groups excluding tert-OH is 2. The van der Waals surface area contributed by atoms with Crippen molar-refractivity contribution in [1.29, 1.82) is 0 Å². The average Bonchev–Trinajstić information content (AvgIpc) is 2.63. The van der Waals surface area contributed by atoms with E-state index < -0.39 is 38.8 Å². The Morgan fingerprint density at radius 3 is 2.28 bits per heavy atom. The fraction of sp³-hybridized carbons (Fsp3) is 0.400. The van der Waals surface area contributed by atoms with Crippen molar-refractivity contribution in [1.82, 2.24) is 4.31 Å². The van der Waals surface area contributed by atoms with Crippen molar-refractivity contribution >= 4 is 10.0 Å². The molecule has 1 saturated heterocycles. The highest BCUT2D eigenvalue weighted by Crippen LogP contribution is 2.24. The topological polar surface area (TPSA) is 77.8 Å². The van der Waals surface area contributed by atoms with E-state index in [-0.39, 0.29) is 13.1 Å². The predicted molar refractivity (Wildman–Crippen MR) is 57.1 cm³/mol. The number of sulfonamides is 1. The summed E-state index contributed by atoms with van der Waals surface area (Å²) in [4.78, 5) is -0.802. The first-order valence-electron chi connectivity index (χ1n) is 5.13. The minimum atomic E-state index is -4.26. The van der Waals surface area contributed by atoms with Gasteiger partial charge in [0.05, 0.1) is 12.2 Å². The van der Waals surface area contributed by atoms with Gasteiger partial charge < -0.3 is 10.2 Å². The number of halogens is 2. The van der Waals surface area contributed by atoms with Crippen LogP contribution in [0.4, 0.5) is 8.78 Å². The highest BCUT2D eigenvalue weighted by atomic mass is 32.2. The normalized spacial score (nSPS) is 25.6. The van der Waals surface area contributed by atoms with E-state index in [0.717, 1.165) is 10.4 Å². The van der Waals surface area contributed by atoms with E-state index in [9.17, 15) is 27.4 Å². The monoisotopic (exact) mass is 279 g/mol. The molecule has 2 rings (SSSR count). The molecule has 1 aromatic rings. The molecule has 0 spiro atoms. The van der Waals surface area contributed by atoms with E-state index in [2.05, 4.69) is 0 Å². The van der Waals surface area contributed by atoms with Crippen molar-refractivity contribution in [2.75, 3.05) is 13.1 Å². The van der Waals surface area contributed by atoms with Gasteiger partial charge >= 0.3 is 0 Å². The van der Waals surface area contributed by atoms with E-state index in [1.807, 2.05) is 0 Å². The quantitative estimate of drug-likeness (QED) is 0.778. The number of nitrogens with zero attached hydrogens (tertiary/aromatic N) is 1. The minimum Gasteiger partial charge on any atom is -0.389 e. The van der Waals surface area contributed by atoms with Crippen LogP contribution in [0.5, 0.6) is 0 Å². The molecular weight excluding hydrogens is 268 g/mol. The molecule has 18 heavy (non-hydrogen) atoms. The Balaban J connectivity index is 2.40. The highest BCUT2D eigenvalue weighted by Gasteiger charge is 2.38. The molecular formula is C10H11F2NO4S. The van der Waals surface area contributed by atoms with Crippen molar-refractivity contribution < 1.29 is 27.4 Å². The summed E-state index contributed by atoms with van der Waals surface area (Å²) < 4.78 is 51.1. The highest BCUT2D eigenvalue weighted by molar-refractivity contribution is 7.89. The predicted octanol–water partition coefficient (Wildman–Crippen LogP) is -0.309. The number of β-amino-alcohol motifs (C(OH)–C–C–N with tert-alkyl or cyclic N) is 2. The number of hydrogen-bond donors (Lipinski definition) is 2. The molecule has 0 aromatic heterocycles. The molecule has 1 heterocycles.